The lowest BCUT2D eigenvalue weighted by molar-refractivity contribution is -0.299. The molecule has 0 spiro atoms. The Bertz CT molecular complexity index is 546. The third kappa shape index (κ3) is 2.91. The van der Waals surface area contributed by atoms with Gasteiger partial charge in [-0.3, -0.25) is 0 Å². The normalized spacial score (nSPS) is 12.5. The Morgan fingerprint density at radius 3 is 2.44 bits per heavy atom. The van der Waals surface area contributed by atoms with Crippen LogP contribution in [0.2, 0.25) is 0 Å². The fourth-order valence-electron chi connectivity index (χ4n) is 1.15. The molecule has 0 aliphatic heterocycles. The summed E-state index contributed by atoms with van der Waals surface area (Å²) in [4.78, 5) is 10.4. The fraction of sp³-hybridized carbons (Fsp3) is 0.100. The number of carboxylic acid groups (broad SMARTS) is 1. The molecule has 0 unspecified atom stereocenters. The molecular formula is C10H10NO4S-. The minimum atomic E-state index is -3.86. The first-order chi connectivity index (χ1) is 7.32. The molecule has 0 bridgehead atoms. The van der Waals surface area contributed by atoms with Crippen molar-refractivity contribution in [1.82, 2.24) is 0 Å². The van der Waals surface area contributed by atoms with Gasteiger partial charge >= 0.3 is 0 Å². The quantitative estimate of drug-likeness (QED) is 0.719. The molecule has 0 saturated carbocycles. The highest BCUT2D eigenvalue weighted by molar-refractivity contribution is 7.89. The van der Waals surface area contributed by atoms with Crippen LogP contribution in [0.15, 0.2) is 34.7 Å². The molecule has 0 aliphatic carbocycles. The third-order valence-electron chi connectivity index (χ3n) is 1.92. The summed E-state index contributed by atoms with van der Waals surface area (Å²) in [7, 11) is -3.86. The topological polar surface area (TPSA) is 100 Å². The molecule has 0 aromatic heterocycles. The Morgan fingerprint density at radius 1 is 1.38 bits per heavy atom. The molecule has 0 saturated heterocycles. The third-order valence-corrected chi connectivity index (χ3v) is 2.90. The summed E-state index contributed by atoms with van der Waals surface area (Å²) in [6, 6.07) is 5.87. The van der Waals surface area contributed by atoms with Gasteiger partial charge in [0, 0.05) is 0 Å². The molecule has 6 heteroatoms. The second-order valence-electron chi connectivity index (χ2n) is 3.20. The van der Waals surface area contributed by atoms with E-state index in [2.05, 4.69) is 0 Å². The molecule has 0 atom stereocenters. The summed E-state index contributed by atoms with van der Waals surface area (Å²) in [5.74, 6) is -1.36. The number of carbonyl (C=O) groups excluding carboxylic acids is 1. The van der Waals surface area contributed by atoms with Crippen molar-refractivity contribution in [1.29, 1.82) is 0 Å². The molecule has 1 aromatic carbocycles. The van der Waals surface area contributed by atoms with Crippen molar-refractivity contribution in [3.8, 4) is 0 Å². The van der Waals surface area contributed by atoms with Crippen molar-refractivity contribution in [3.05, 3.63) is 35.4 Å². The first-order valence-corrected chi connectivity index (χ1v) is 5.88. The lowest BCUT2D eigenvalue weighted by Crippen LogP contribution is -2.23. The molecule has 0 fully saturated rings. The number of benzene rings is 1. The van der Waals surface area contributed by atoms with Crippen molar-refractivity contribution in [2.45, 2.75) is 11.8 Å². The van der Waals surface area contributed by atoms with Gasteiger partial charge in [0.05, 0.1) is 10.9 Å². The Kier molecular flexibility index (Phi) is 3.46. The zero-order valence-electron chi connectivity index (χ0n) is 8.51. The maximum atomic E-state index is 11.2. The van der Waals surface area contributed by atoms with Crippen molar-refractivity contribution < 1.29 is 18.3 Å². The number of nitrogens with two attached hydrogens (primary N) is 1. The van der Waals surface area contributed by atoms with Gasteiger partial charge in [-0.25, -0.2) is 13.6 Å². The van der Waals surface area contributed by atoms with Gasteiger partial charge in [0.1, 0.15) is 0 Å². The smallest absolute Gasteiger partial charge is 0.238 e. The zero-order chi connectivity index (χ0) is 12.3. The van der Waals surface area contributed by atoms with Crippen LogP contribution in [-0.4, -0.2) is 14.4 Å². The summed E-state index contributed by atoms with van der Waals surface area (Å²) in [6.07, 6.45) is 1.20. The van der Waals surface area contributed by atoms with Gasteiger partial charge in [-0.2, -0.15) is 0 Å². The van der Waals surface area contributed by atoms with Crippen LogP contribution in [0.3, 0.4) is 0 Å². The molecule has 0 radical (unpaired) electrons. The Labute approximate surface area is 93.3 Å². The molecule has 16 heavy (non-hydrogen) atoms. The second-order valence-corrected chi connectivity index (χ2v) is 4.73. The standard InChI is InChI=1S/C10H11NO4S/c1-7(10(12)13)6-8-4-2-3-5-9(8)16(11,14)15/h2-6H,1H3,(H,12,13)(H2,11,14,15)/p-1/b7-6+. The van der Waals surface area contributed by atoms with Crippen LogP contribution in [0.1, 0.15) is 12.5 Å². The molecule has 0 amide bonds. The van der Waals surface area contributed by atoms with Crippen LogP contribution in [0, 0.1) is 0 Å². The number of rotatable bonds is 3. The van der Waals surface area contributed by atoms with E-state index in [9.17, 15) is 18.3 Å². The van der Waals surface area contributed by atoms with Crippen LogP contribution in [-0.2, 0) is 14.8 Å². The maximum Gasteiger partial charge on any atom is 0.238 e. The molecule has 2 N–H and O–H groups in total. The minimum absolute atomic E-state index is 0.0731. The summed E-state index contributed by atoms with van der Waals surface area (Å²) < 4.78 is 22.4. The molecule has 86 valence electrons. The van der Waals surface area contributed by atoms with Crippen LogP contribution in [0.4, 0.5) is 0 Å². The number of carbonyl (C=O) groups is 1. The van der Waals surface area contributed by atoms with Crippen molar-refractivity contribution in [2.75, 3.05) is 0 Å². The summed E-state index contributed by atoms with van der Waals surface area (Å²) in [5.41, 5.74) is 0.155. The van der Waals surface area contributed by atoms with E-state index in [-0.39, 0.29) is 16.0 Å². The molecule has 5 nitrogen and oxygen atoms in total. The number of hydrogen-bond donors (Lipinski definition) is 1. The van der Waals surface area contributed by atoms with E-state index >= 15 is 0 Å². The predicted octanol–water partition coefficient (Wildman–Crippen LogP) is -0.513. The van der Waals surface area contributed by atoms with E-state index in [1.807, 2.05) is 0 Å². The van der Waals surface area contributed by atoms with Crippen LogP contribution < -0.4 is 10.2 Å². The molecule has 1 aromatic rings. The van der Waals surface area contributed by atoms with E-state index in [0.717, 1.165) is 0 Å². The SMILES string of the molecule is C/C(=C\c1ccccc1S(N)(=O)=O)C(=O)[O-]. The molecular weight excluding hydrogens is 230 g/mol. The number of carboxylic acids is 1. The first kappa shape index (κ1) is 12.4. The Hall–Kier alpha value is -1.66. The summed E-state index contributed by atoms with van der Waals surface area (Å²) in [6.45, 7) is 1.31. The van der Waals surface area contributed by atoms with E-state index in [0.29, 0.717) is 0 Å². The summed E-state index contributed by atoms with van der Waals surface area (Å²) >= 11 is 0. The largest absolute Gasteiger partial charge is 0.545 e. The minimum Gasteiger partial charge on any atom is -0.545 e. The average molecular weight is 240 g/mol. The van der Waals surface area contributed by atoms with E-state index < -0.39 is 16.0 Å². The molecule has 1 rings (SSSR count). The predicted molar refractivity (Wildman–Crippen MR) is 56.5 cm³/mol. The van der Waals surface area contributed by atoms with Gasteiger partial charge in [-0.1, -0.05) is 18.2 Å². The van der Waals surface area contributed by atoms with Crippen molar-refractivity contribution >= 4 is 22.1 Å². The van der Waals surface area contributed by atoms with Gasteiger partial charge in [0.25, 0.3) is 0 Å². The number of hydrogen-bond acceptors (Lipinski definition) is 4. The maximum absolute atomic E-state index is 11.2. The first-order valence-electron chi connectivity index (χ1n) is 4.34. The van der Waals surface area contributed by atoms with E-state index in [1.165, 1.54) is 31.2 Å². The highest BCUT2D eigenvalue weighted by atomic mass is 32.2. The molecule has 0 heterocycles. The lowest BCUT2D eigenvalue weighted by atomic mass is 10.1. The summed E-state index contributed by atoms with van der Waals surface area (Å²) in [5, 5.41) is 15.5. The highest BCUT2D eigenvalue weighted by Gasteiger charge is 2.11. The second kappa shape index (κ2) is 4.46. The van der Waals surface area contributed by atoms with Gasteiger partial charge in [-0.15, -0.1) is 0 Å². The fourth-order valence-corrected chi connectivity index (χ4v) is 1.87. The van der Waals surface area contributed by atoms with E-state index in [4.69, 9.17) is 5.14 Å². The Morgan fingerprint density at radius 2 is 1.94 bits per heavy atom. The lowest BCUT2D eigenvalue weighted by Gasteiger charge is -2.05. The highest BCUT2D eigenvalue weighted by Crippen LogP contribution is 2.16. The van der Waals surface area contributed by atoms with Gasteiger partial charge < -0.3 is 9.90 Å². The Balaban J connectivity index is 3.37. The van der Waals surface area contributed by atoms with Gasteiger partial charge in [0.15, 0.2) is 0 Å². The number of aliphatic carboxylic acids is 1. The van der Waals surface area contributed by atoms with Crippen molar-refractivity contribution in [2.24, 2.45) is 5.14 Å². The van der Waals surface area contributed by atoms with Gasteiger partial charge in [0.2, 0.25) is 10.0 Å². The van der Waals surface area contributed by atoms with Crippen LogP contribution in [0.25, 0.3) is 6.08 Å². The number of primary sulfonamides is 1. The van der Waals surface area contributed by atoms with Crippen LogP contribution >= 0.6 is 0 Å². The number of sulfonamides is 1. The average Bonchev–Trinajstić information content (AvgIpc) is 2.16. The van der Waals surface area contributed by atoms with Gasteiger partial charge in [-0.05, 0) is 30.2 Å². The van der Waals surface area contributed by atoms with Crippen LogP contribution in [0.5, 0.6) is 0 Å². The monoisotopic (exact) mass is 240 g/mol. The zero-order valence-corrected chi connectivity index (χ0v) is 9.32. The molecule has 0 aliphatic rings. The van der Waals surface area contributed by atoms with E-state index in [1.54, 1.807) is 6.07 Å². The van der Waals surface area contributed by atoms with Crippen molar-refractivity contribution in [3.63, 3.8) is 0 Å².